The molecule has 124 valence electrons. The molecule has 4 rings (SSSR count). The fourth-order valence-electron chi connectivity index (χ4n) is 3.47. The molecule has 0 unspecified atom stereocenters. The third kappa shape index (κ3) is 2.66. The lowest BCUT2D eigenvalue weighted by atomic mass is 9.93. The number of nitrogens with one attached hydrogen (secondary N) is 1. The maximum absolute atomic E-state index is 12.6. The van der Waals surface area contributed by atoms with E-state index in [2.05, 4.69) is 31.3 Å². The van der Waals surface area contributed by atoms with Gasteiger partial charge in [0.15, 0.2) is 11.5 Å². The van der Waals surface area contributed by atoms with E-state index in [0.717, 1.165) is 18.7 Å². The van der Waals surface area contributed by atoms with Gasteiger partial charge in [0, 0.05) is 24.8 Å². The van der Waals surface area contributed by atoms with Crippen LogP contribution in [0, 0.1) is 13.8 Å². The summed E-state index contributed by atoms with van der Waals surface area (Å²) in [5.41, 5.74) is 5.91. The van der Waals surface area contributed by atoms with Gasteiger partial charge in [-0.3, -0.25) is 0 Å². The number of ether oxygens (including phenoxy) is 2. The number of aryl methyl sites for hydroxylation is 2. The summed E-state index contributed by atoms with van der Waals surface area (Å²) in [6.45, 7) is 5.85. The van der Waals surface area contributed by atoms with Crippen LogP contribution in [0.25, 0.3) is 0 Å². The van der Waals surface area contributed by atoms with E-state index in [4.69, 9.17) is 9.47 Å². The van der Waals surface area contributed by atoms with E-state index in [-0.39, 0.29) is 12.8 Å². The number of hydrogen-bond donors (Lipinski definition) is 1. The first-order valence-corrected chi connectivity index (χ1v) is 8.15. The highest BCUT2D eigenvalue weighted by molar-refractivity contribution is 5.90. The SMILES string of the molecule is Cc1cc(C)c2c(c1)CN(C(=O)Nc1ccc3c(c1)OCO3)CC2. The molecule has 2 aliphatic rings. The fraction of sp³-hybridized carbons (Fsp3) is 0.316. The summed E-state index contributed by atoms with van der Waals surface area (Å²) in [5.74, 6) is 1.38. The molecule has 0 spiro atoms. The predicted octanol–water partition coefficient (Wildman–Crippen LogP) is 3.62. The smallest absolute Gasteiger partial charge is 0.322 e. The molecule has 0 aliphatic carbocycles. The van der Waals surface area contributed by atoms with Crippen molar-refractivity contribution in [3.05, 3.63) is 52.6 Å². The van der Waals surface area contributed by atoms with Gasteiger partial charge in [-0.2, -0.15) is 0 Å². The number of amides is 2. The molecule has 0 bridgehead atoms. The van der Waals surface area contributed by atoms with Gasteiger partial charge in [-0.15, -0.1) is 0 Å². The Bertz CT molecular complexity index is 816. The minimum atomic E-state index is -0.0846. The third-order valence-electron chi connectivity index (χ3n) is 4.61. The van der Waals surface area contributed by atoms with E-state index in [1.165, 1.54) is 22.3 Å². The Balaban J connectivity index is 1.49. The van der Waals surface area contributed by atoms with Crippen molar-refractivity contribution in [3.63, 3.8) is 0 Å². The van der Waals surface area contributed by atoms with E-state index < -0.39 is 0 Å². The molecular weight excluding hydrogens is 304 g/mol. The molecule has 0 saturated heterocycles. The van der Waals surface area contributed by atoms with Crippen LogP contribution in [0.1, 0.15) is 22.3 Å². The molecule has 2 aromatic rings. The van der Waals surface area contributed by atoms with Gasteiger partial charge in [0.05, 0.1) is 0 Å². The molecular formula is C19H20N2O3. The Kier molecular flexibility index (Phi) is 3.56. The van der Waals surface area contributed by atoms with Crippen molar-refractivity contribution in [1.29, 1.82) is 0 Å². The molecule has 0 fully saturated rings. The van der Waals surface area contributed by atoms with Crippen LogP contribution in [-0.4, -0.2) is 24.3 Å². The second-order valence-electron chi connectivity index (χ2n) is 6.39. The van der Waals surface area contributed by atoms with Crippen LogP contribution < -0.4 is 14.8 Å². The van der Waals surface area contributed by atoms with Gasteiger partial charge in [0.2, 0.25) is 6.79 Å². The lowest BCUT2D eigenvalue weighted by molar-refractivity contribution is 0.174. The molecule has 5 nitrogen and oxygen atoms in total. The molecule has 1 N–H and O–H groups in total. The summed E-state index contributed by atoms with van der Waals surface area (Å²) in [5, 5.41) is 2.95. The lowest BCUT2D eigenvalue weighted by Crippen LogP contribution is -2.39. The van der Waals surface area contributed by atoms with Crippen LogP contribution in [0.4, 0.5) is 10.5 Å². The zero-order chi connectivity index (χ0) is 16.7. The zero-order valence-electron chi connectivity index (χ0n) is 13.9. The molecule has 0 aromatic heterocycles. The van der Waals surface area contributed by atoms with Gasteiger partial charge < -0.3 is 19.7 Å². The largest absolute Gasteiger partial charge is 0.454 e. The average Bonchev–Trinajstić information content (AvgIpc) is 3.01. The summed E-state index contributed by atoms with van der Waals surface area (Å²) in [6, 6.07) is 9.75. The number of benzene rings is 2. The van der Waals surface area contributed by atoms with Crippen LogP contribution in [0.5, 0.6) is 11.5 Å². The number of carbonyl (C=O) groups excluding carboxylic acids is 1. The Morgan fingerprint density at radius 3 is 2.83 bits per heavy atom. The Labute approximate surface area is 141 Å². The standard InChI is InChI=1S/C19H20N2O3/c1-12-7-13(2)16-5-6-21(10-14(16)8-12)19(22)20-15-3-4-17-18(9-15)24-11-23-17/h3-4,7-9H,5-6,10-11H2,1-2H3,(H,20,22). The van der Waals surface area contributed by atoms with E-state index in [1.807, 2.05) is 17.0 Å². The lowest BCUT2D eigenvalue weighted by Gasteiger charge is -2.30. The van der Waals surface area contributed by atoms with Crippen LogP contribution in [-0.2, 0) is 13.0 Å². The topological polar surface area (TPSA) is 50.8 Å². The van der Waals surface area contributed by atoms with Gasteiger partial charge in [-0.05, 0) is 49.1 Å². The highest BCUT2D eigenvalue weighted by Crippen LogP contribution is 2.34. The Morgan fingerprint density at radius 1 is 1.12 bits per heavy atom. The van der Waals surface area contributed by atoms with Gasteiger partial charge in [-0.25, -0.2) is 4.79 Å². The number of hydrogen-bond acceptors (Lipinski definition) is 3. The second kappa shape index (κ2) is 5.74. The van der Waals surface area contributed by atoms with Crippen molar-refractivity contribution in [2.75, 3.05) is 18.7 Å². The number of urea groups is 1. The van der Waals surface area contributed by atoms with Crippen molar-refractivity contribution < 1.29 is 14.3 Å². The van der Waals surface area contributed by atoms with Crippen molar-refractivity contribution in [3.8, 4) is 11.5 Å². The third-order valence-corrected chi connectivity index (χ3v) is 4.61. The van der Waals surface area contributed by atoms with Crippen molar-refractivity contribution in [2.24, 2.45) is 0 Å². The highest BCUT2D eigenvalue weighted by atomic mass is 16.7. The molecule has 0 radical (unpaired) electrons. The van der Waals surface area contributed by atoms with Gasteiger partial charge in [0.25, 0.3) is 0 Å². The highest BCUT2D eigenvalue weighted by Gasteiger charge is 2.22. The minimum Gasteiger partial charge on any atom is -0.454 e. The predicted molar refractivity (Wildman–Crippen MR) is 91.6 cm³/mol. The van der Waals surface area contributed by atoms with Crippen LogP contribution >= 0.6 is 0 Å². The first kappa shape index (κ1) is 14.9. The molecule has 0 atom stereocenters. The van der Waals surface area contributed by atoms with Crippen molar-refractivity contribution in [2.45, 2.75) is 26.8 Å². The molecule has 2 amide bonds. The normalized spacial score (nSPS) is 15.2. The number of nitrogens with zero attached hydrogens (tertiary/aromatic N) is 1. The molecule has 2 aliphatic heterocycles. The molecule has 2 heterocycles. The van der Waals surface area contributed by atoms with Gasteiger partial charge >= 0.3 is 6.03 Å². The monoisotopic (exact) mass is 324 g/mol. The first-order chi connectivity index (χ1) is 11.6. The van der Waals surface area contributed by atoms with Crippen molar-refractivity contribution >= 4 is 11.7 Å². The van der Waals surface area contributed by atoms with Crippen LogP contribution in [0.3, 0.4) is 0 Å². The minimum absolute atomic E-state index is 0.0846. The van der Waals surface area contributed by atoms with Crippen LogP contribution in [0.2, 0.25) is 0 Å². The van der Waals surface area contributed by atoms with Crippen LogP contribution in [0.15, 0.2) is 30.3 Å². The zero-order valence-corrected chi connectivity index (χ0v) is 13.9. The average molecular weight is 324 g/mol. The van der Waals surface area contributed by atoms with Crippen molar-refractivity contribution in [1.82, 2.24) is 4.90 Å². The summed E-state index contributed by atoms with van der Waals surface area (Å²) >= 11 is 0. The summed E-state index contributed by atoms with van der Waals surface area (Å²) in [7, 11) is 0. The molecule has 5 heteroatoms. The maximum Gasteiger partial charge on any atom is 0.322 e. The van der Waals surface area contributed by atoms with E-state index >= 15 is 0 Å². The number of fused-ring (bicyclic) bond motifs is 2. The second-order valence-corrected chi connectivity index (χ2v) is 6.39. The van der Waals surface area contributed by atoms with E-state index in [0.29, 0.717) is 18.0 Å². The quantitative estimate of drug-likeness (QED) is 0.871. The maximum atomic E-state index is 12.6. The molecule has 0 saturated carbocycles. The summed E-state index contributed by atoms with van der Waals surface area (Å²) < 4.78 is 10.6. The fourth-order valence-corrected chi connectivity index (χ4v) is 3.47. The summed E-state index contributed by atoms with van der Waals surface area (Å²) in [4.78, 5) is 14.4. The van der Waals surface area contributed by atoms with Gasteiger partial charge in [0.1, 0.15) is 0 Å². The number of carbonyl (C=O) groups is 1. The number of rotatable bonds is 1. The summed E-state index contributed by atoms with van der Waals surface area (Å²) in [6.07, 6.45) is 0.899. The number of anilines is 1. The van der Waals surface area contributed by atoms with Gasteiger partial charge in [-0.1, -0.05) is 17.7 Å². The van der Waals surface area contributed by atoms with E-state index in [9.17, 15) is 4.79 Å². The van der Waals surface area contributed by atoms with E-state index in [1.54, 1.807) is 6.07 Å². The molecule has 2 aromatic carbocycles. The molecule has 24 heavy (non-hydrogen) atoms. The first-order valence-electron chi connectivity index (χ1n) is 8.15. The Hall–Kier alpha value is -2.69. The Morgan fingerprint density at radius 2 is 1.96 bits per heavy atom.